The lowest BCUT2D eigenvalue weighted by molar-refractivity contribution is -0.141. The molecule has 0 aromatic heterocycles. The zero-order valence-electron chi connectivity index (χ0n) is 19.4. The molecule has 2 aromatic carbocycles. The smallest absolute Gasteiger partial charge is 0.326 e. The van der Waals surface area contributed by atoms with E-state index in [2.05, 4.69) is 5.32 Å². The van der Waals surface area contributed by atoms with Crippen LogP contribution in [0, 0.1) is 0 Å². The maximum absolute atomic E-state index is 13.9. The molecule has 2 saturated heterocycles. The van der Waals surface area contributed by atoms with E-state index in [1.807, 2.05) is 12.1 Å². The fourth-order valence-corrected chi connectivity index (χ4v) is 7.46. The van der Waals surface area contributed by atoms with Crippen LogP contribution >= 0.6 is 0 Å². The van der Waals surface area contributed by atoms with Crippen molar-refractivity contribution in [3.63, 3.8) is 0 Å². The molecule has 1 saturated carbocycles. The third kappa shape index (κ3) is 4.22. The topological polar surface area (TPSA) is 104 Å². The minimum absolute atomic E-state index is 0.0580. The molecule has 0 radical (unpaired) electrons. The van der Waals surface area contributed by atoms with Crippen LogP contribution in [0.3, 0.4) is 0 Å². The molecule has 8 nitrogen and oxygen atoms in total. The summed E-state index contributed by atoms with van der Waals surface area (Å²) in [7, 11) is -3.20. The van der Waals surface area contributed by atoms with Crippen LogP contribution in [0.5, 0.6) is 0 Å². The maximum Gasteiger partial charge on any atom is 0.326 e. The molecule has 5 rings (SSSR count). The van der Waals surface area contributed by atoms with Crippen molar-refractivity contribution in [3.8, 4) is 0 Å². The third-order valence-corrected chi connectivity index (χ3v) is 9.17. The number of nitrogens with one attached hydrogen (secondary N) is 1. The molecule has 1 unspecified atom stereocenters. The summed E-state index contributed by atoms with van der Waals surface area (Å²) in [5, 5.41) is 2.87. The Hall–Kier alpha value is -3.20. The summed E-state index contributed by atoms with van der Waals surface area (Å²) in [4.78, 5) is 43.4. The molecule has 2 heterocycles. The van der Waals surface area contributed by atoms with Crippen molar-refractivity contribution in [1.29, 1.82) is 0 Å². The SMILES string of the molecule is O=C1NC(c2ccccc2)(c2ccccc2)C(=O)N1CC(=O)N(C1CCCC1)C1CCS(=O)(=O)C1. The van der Waals surface area contributed by atoms with Gasteiger partial charge in [-0.15, -0.1) is 0 Å². The average molecular weight is 496 g/mol. The molecule has 1 N–H and O–H groups in total. The molecule has 1 atom stereocenters. The van der Waals surface area contributed by atoms with Gasteiger partial charge in [0.15, 0.2) is 15.4 Å². The molecule has 9 heteroatoms. The van der Waals surface area contributed by atoms with Crippen molar-refractivity contribution in [2.24, 2.45) is 0 Å². The third-order valence-electron chi connectivity index (χ3n) is 7.42. The lowest BCUT2D eigenvalue weighted by Gasteiger charge is -2.35. The van der Waals surface area contributed by atoms with Gasteiger partial charge in [0.25, 0.3) is 5.91 Å². The normalized spacial score (nSPS) is 23.4. The molecule has 0 spiro atoms. The van der Waals surface area contributed by atoms with Gasteiger partial charge in [0.05, 0.1) is 11.5 Å². The van der Waals surface area contributed by atoms with E-state index in [0.29, 0.717) is 17.5 Å². The van der Waals surface area contributed by atoms with Crippen molar-refractivity contribution < 1.29 is 22.8 Å². The second-order valence-electron chi connectivity index (χ2n) is 9.60. The highest BCUT2D eigenvalue weighted by Crippen LogP contribution is 2.36. The standard InChI is InChI=1S/C26H29N3O5S/c30-23(29(21-13-7-8-14-21)22-15-16-35(33,34)18-22)17-28-24(31)26(27-25(28)32,19-9-3-1-4-10-19)20-11-5-2-6-12-20/h1-6,9-12,21-22H,7-8,13-18H2,(H,27,32). The van der Waals surface area contributed by atoms with Crippen LogP contribution in [-0.2, 0) is 25.0 Å². The van der Waals surface area contributed by atoms with E-state index < -0.39 is 39.9 Å². The summed E-state index contributed by atoms with van der Waals surface area (Å²) in [6.07, 6.45) is 3.95. The molecular formula is C26H29N3O5S. The van der Waals surface area contributed by atoms with Gasteiger partial charge in [-0.3, -0.25) is 14.5 Å². The summed E-state index contributed by atoms with van der Waals surface area (Å²) in [5.41, 5.74) is -0.225. The number of urea groups is 1. The molecule has 184 valence electrons. The van der Waals surface area contributed by atoms with Crippen LogP contribution in [0.2, 0.25) is 0 Å². The molecule has 4 amide bonds. The number of carbonyl (C=O) groups is 3. The van der Waals surface area contributed by atoms with Gasteiger partial charge in [-0.2, -0.15) is 0 Å². The Balaban J connectivity index is 1.46. The first-order chi connectivity index (χ1) is 16.8. The number of imide groups is 1. The van der Waals surface area contributed by atoms with Gasteiger partial charge in [-0.25, -0.2) is 13.2 Å². The lowest BCUT2D eigenvalue weighted by Crippen LogP contribution is -2.52. The Kier molecular flexibility index (Phi) is 6.13. The Bertz CT molecular complexity index is 1190. The van der Waals surface area contributed by atoms with Crippen molar-refractivity contribution >= 4 is 27.7 Å². The molecule has 3 fully saturated rings. The zero-order chi connectivity index (χ0) is 24.6. The van der Waals surface area contributed by atoms with Crippen LogP contribution in [0.4, 0.5) is 4.79 Å². The molecular weight excluding hydrogens is 466 g/mol. The van der Waals surface area contributed by atoms with Gasteiger partial charge in [0, 0.05) is 12.1 Å². The van der Waals surface area contributed by atoms with Crippen molar-refractivity contribution in [2.45, 2.75) is 49.7 Å². The number of rotatable bonds is 6. The number of benzene rings is 2. The Labute approximate surface area is 205 Å². The number of sulfone groups is 1. The first-order valence-corrected chi connectivity index (χ1v) is 13.9. The van der Waals surface area contributed by atoms with Crippen molar-refractivity contribution in [3.05, 3.63) is 71.8 Å². The van der Waals surface area contributed by atoms with Crippen molar-refractivity contribution in [1.82, 2.24) is 15.1 Å². The minimum Gasteiger partial charge on any atom is -0.334 e. The molecule has 1 aliphatic carbocycles. The lowest BCUT2D eigenvalue weighted by atomic mass is 9.82. The number of amides is 4. The maximum atomic E-state index is 13.9. The summed E-state index contributed by atoms with van der Waals surface area (Å²) in [5.74, 6) is -0.895. The predicted octanol–water partition coefficient (Wildman–Crippen LogP) is 2.44. The first-order valence-electron chi connectivity index (χ1n) is 12.1. The summed E-state index contributed by atoms with van der Waals surface area (Å²) >= 11 is 0. The van der Waals surface area contributed by atoms with Gasteiger partial charge in [0.2, 0.25) is 5.91 Å². The largest absolute Gasteiger partial charge is 0.334 e. The predicted molar refractivity (Wildman–Crippen MR) is 130 cm³/mol. The second kappa shape index (κ2) is 9.11. The molecule has 35 heavy (non-hydrogen) atoms. The van der Waals surface area contributed by atoms with Gasteiger partial charge in [-0.1, -0.05) is 73.5 Å². The van der Waals surface area contributed by atoms with E-state index in [0.717, 1.165) is 30.6 Å². The monoisotopic (exact) mass is 495 g/mol. The quantitative estimate of drug-likeness (QED) is 0.620. The second-order valence-corrected chi connectivity index (χ2v) is 11.8. The zero-order valence-corrected chi connectivity index (χ0v) is 20.2. The Morgan fingerprint density at radius 3 is 2.00 bits per heavy atom. The first kappa shape index (κ1) is 23.5. The van der Waals surface area contributed by atoms with E-state index in [9.17, 15) is 22.8 Å². The number of hydrogen-bond acceptors (Lipinski definition) is 5. The van der Waals surface area contributed by atoms with Crippen LogP contribution in [0.25, 0.3) is 0 Å². The minimum atomic E-state index is -3.20. The van der Waals surface area contributed by atoms with E-state index in [1.165, 1.54) is 0 Å². The van der Waals surface area contributed by atoms with Crippen molar-refractivity contribution in [2.75, 3.05) is 18.1 Å². The fraction of sp³-hybridized carbons (Fsp3) is 0.423. The molecule has 2 aliphatic heterocycles. The molecule has 3 aliphatic rings. The fourth-order valence-electron chi connectivity index (χ4n) is 5.75. The van der Waals surface area contributed by atoms with Crippen LogP contribution < -0.4 is 5.32 Å². The van der Waals surface area contributed by atoms with Gasteiger partial charge in [0.1, 0.15) is 6.54 Å². The molecule has 0 bridgehead atoms. The van der Waals surface area contributed by atoms with Gasteiger partial charge in [-0.05, 0) is 30.4 Å². The molecule has 2 aromatic rings. The van der Waals surface area contributed by atoms with E-state index >= 15 is 0 Å². The summed E-state index contributed by atoms with van der Waals surface area (Å²) in [6.45, 7) is -0.418. The Morgan fingerprint density at radius 2 is 1.49 bits per heavy atom. The van der Waals surface area contributed by atoms with E-state index in [-0.39, 0.29) is 23.5 Å². The highest BCUT2D eigenvalue weighted by molar-refractivity contribution is 7.91. The Morgan fingerprint density at radius 1 is 0.914 bits per heavy atom. The van der Waals surface area contributed by atoms with Gasteiger partial charge >= 0.3 is 6.03 Å². The highest BCUT2D eigenvalue weighted by atomic mass is 32.2. The van der Waals surface area contributed by atoms with Gasteiger partial charge < -0.3 is 10.2 Å². The number of nitrogens with zero attached hydrogens (tertiary/aromatic N) is 2. The van der Waals surface area contributed by atoms with Crippen LogP contribution in [0.15, 0.2) is 60.7 Å². The summed E-state index contributed by atoms with van der Waals surface area (Å²) in [6, 6.07) is 16.9. The number of carbonyl (C=O) groups excluding carboxylic acids is 3. The van der Waals surface area contributed by atoms with E-state index in [1.54, 1.807) is 53.4 Å². The number of hydrogen-bond donors (Lipinski definition) is 1. The highest BCUT2D eigenvalue weighted by Gasteiger charge is 2.54. The van der Waals surface area contributed by atoms with Crippen LogP contribution in [-0.4, -0.2) is 66.2 Å². The van der Waals surface area contributed by atoms with Crippen LogP contribution in [0.1, 0.15) is 43.2 Å². The van der Waals surface area contributed by atoms with E-state index in [4.69, 9.17) is 0 Å². The average Bonchev–Trinajstić information content (AvgIpc) is 3.56. The summed E-state index contributed by atoms with van der Waals surface area (Å²) < 4.78 is 24.3.